The normalized spacial score (nSPS) is 15.8. The molecule has 5 nitrogen and oxygen atoms in total. The molecule has 17 heavy (non-hydrogen) atoms. The number of esters is 1. The molecule has 0 heterocycles. The Morgan fingerprint density at radius 2 is 2.18 bits per heavy atom. The van der Waals surface area contributed by atoms with Gasteiger partial charge < -0.3 is 15.4 Å². The lowest BCUT2D eigenvalue weighted by molar-refractivity contribution is -0.144. The number of nitrogens with zero attached hydrogens (tertiary/aromatic N) is 1. The number of rotatable bonds is 8. The molecule has 1 amide bonds. The van der Waals surface area contributed by atoms with Gasteiger partial charge in [-0.3, -0.25) is 9.59 Å². The second-order valence-electron chi connectivity index (χ2n) is 4.72. The molecule has 0 aliphatic rings. The zero-order chi connectivity index (χ0) is 13.5. The van der Waals surface area contributed by atoms with E-state index < -0.39 is 5.97 Å². The summed E-state index contributed by atoms with van der Waals surface area (Å²) >= 11 is 0. The minimum absolute atomic E-state index is 0.0173. The number of hydrogen-bond acceptors (Lipinski definition) is 4. The lowest BCUT2D eigenvalue weighted by atomic mass is 9.83. The van der Waals surface area contributed by atoms with E-state index >= 15 is 0 Å². The van der Waals surface area contributed by atoms with Crippen LogP contribution in [0.3, 0.4) is 0 Å². The first-order chi connectivity index (χ1) is 7.87. The van der Waals surface area contributed by atoms with Crippen molar-refractivity contribution in [1.29, 1.82) is 0 Å². The Kier molecular flexibility index (Phi) is 6.80. The lowest BCUT2D eigenvalue weighted by Crippen LogP contribution is -2.46. The average Bonchev–Trinajstić information content (AvgIpc) is 2.32. The fourth-order valence-electron chi connectivity index (χ4n) is 1.50. The van der Waals surface area contributed by atoms with Crippen LogP contribution in [0.1, 0.15) is 33.6 Å². The summed E-state index contributed by atoms with van der Waals surface area (Å²) in [6.45, 7) is 6.60. The molecule has 0 rings (SSSR count). The van der Waals surface area contributed by atoms with Gasteiger partial charge in [0.1, 0.15) is 6.54 Å². The number of methoxy groups -OCH3 is 1. The summed E-state index contributed by atoms with van der Waals surface area (Å²) in [5.74, 6) is -0.0477. The van der Waals surface area contributed by atoms with E-state index in [0.717, 1.165) is 6.42 Å². The van der Waals surface area contributed by atoms with Crippen molar-refractivity contribution in [3.63, 3.8) is 0 Å². The van der Waals surface area contributed by atoms with Crippen LogP contribution in [-0.2, 0) is 14.3 Å². The van der Waals surface area contributed by atoms with Gasteiger partial charge in [-0.1, -0.05) is 20.3 Å². The number of amides is 1. The van der Waals surface area contributed by atoms with Gasteiger partial charge in [-0.15, -0.1) is 0 Å². The van der Waals surface area contributed by atoms with Crippen LogP contribution in [-0.4, -0.2) is 43.0 Å². The zero-order valence-electron chi connectivity index (χ0n) is 11.2. The molecule has 0 aromatic carbocycles. The Labute approximate surface area is 103 Å². The van der Waals surface area contributed by atoms with Crippen molar-refractivity contribution in [3.05, 3.63) is 0 Å². The van der Waals surface area contributed by atoms with Crippen molar-refractivity contribution in [2.75, 3.05) is 20.2 Å². The van der Waals surface area contributed by atoms with Crippen LogP contribution < -0.4 is 5.73 Å². The SMILES string of the molecule is CC[C@H](C)[C@@](C)(N)CCN(C=O)CC(=O)OC. The summed E-state index contributed by atoms with van der Waals surface area (Å²) in [5, 5.41) is 0. The van der Waals surface area contributed by atoms with Gasteiger partial charge >= 0.3 is 5.97 Å². The third-order valence-corrected chi connectivity index (χ3v) is 3.38. The molecule has 100 valence electrons. The van der Waals surface area contributed by atoms with Crippen LogP contribution >= 0.6 is 0 Å². The van der Waals surface area contributed by atoms with Gasteiger partial charge in [0.25, 0.3) is 0 Å². The predicted molar refractivity (Wildman–Crippen MR) is 66.3 cm³/mol. The smallest absolute Gasteiger partial charge is 0.325 e. The van der Waals surface area contributed by atoms with Gasteiger partial charge in [-0.2, -0.15) is 0 Å². The Morgan fingerprint density at radius 1 is 1.59 bits per heavy atom. The molecule has 0 aromatic heterocycles. The molecular weight excluding hydrogens is 220 g/mol. The molecular formula is C12H24N2O3. The zero-order valence-corrected chi connectivity index (χ0v) is 11.2. The van der Waals surface area contributed by atoms with Crippen molar-refractivity contribution >= 4 is 12.4 Å². The molecule has 0 bridgehead atoms. The van der Waals surface area contributed by atoms with Gasteiger partial charge in [0.2, 0.25) is 6.41 Å². The van der Waals surface area contributed by atoms with E-state index in [9.17, 15) is 9.59 Å². The Hall–Kier alpha value is -1.10. The number of carbonyl (C=O) groups is 2. The molecule has 0 spiro atoms. The molecule has 0 aliphatic carbocycles. The van der Waals surface area contributed by atoms with Gasteiger partial charge in [-0.05, 0) is 19.3 Å². The van der Waals surface area contributed by atoms with Crippen LogP contribution in [0.15, 0.2) is 0 Å². The molecule has 0 saturated heterocycles. The van der Waals surface area contributed by atoms with Crippen LogP contribution in [0.25, 0.3) is 0 Å². The molecule has 0 aliphatic heterocycles. The van der Waals surface area contributed by atoms with E-state index in [0.29, 0.717) is 25.3 Å². The highest BCUT2D eigenvalue weighted by Gasteiger charge is 2.25. The Morgan fingerprint density at radius 3 is 2.59 bits per heavy atom. The summed E-state index contributed by atoms with van der Waals surface area (Å²) in [7, 11) is 1.30. The van der Waals surface area contributed by atoms with E-state index in [2.05, 4.69) is 18.6 Å². The number of hydrogen-bond donors (Lipinski definition) is 1. The second kappa shape index (κ2) is 7.27. The third-order valence-electron chi connectivity index (χ3n) is 3.38. The fraction of sp³-hybridized carbons (Fsp3) is 0.833. The first-order valence-corrected chi connectivity index (χ1v) is 5.92. The highest BCUT2D eigenvalue weighted by molar-refractivity contribution is 5.73. The first kappa shape index (κ1) is 15.9. The molecule has 5 heteroatoms. The predicted octanol–water partition coefficient (Wildman–Crippen LogP) is 0.771. The van der Waals surface area contributed by atoms with Gasteiger partial charge in [0, 0.05) is 12.1 Å². The maximum Gasteiger partial charge on any atom is 0.325 e. The van der Waals surface area contributed by atoms with Crippen LogP contribution in [0.5, 0.6) is 0 Å². The number of nitrogens with two attached hydrogens (primary N) is 1. The summed E-state index contributed by atoms with van der Waals surface area (Å²) in [4.78, 5) is 23.2. The van der Waals surface area contributed by atoms with Crippen molar-refractivity contribution in [1.82, 2.24) is 4.90 Å². The quantitative estimate of drug-likeness (QED) is 0.505. The monoisotopic (exact) mass is 244 g/mol. The maximum absolute atomic E-state index is 11.0. The van der Waals surface area contributed by atoms with Crippen molar-refractivity contribution < 1.29 is 14.3 Å². The van der Waals surface area contributed by atoms with Gasteiger partial charge in [0.05, 0.1) is 7.11 Å². The van der Waals surface area contributed by atoms with E-state index in [-0.39, 0.29) is 12.1 Å². The van der Waals surface area contributed by atoms with Crippen LogP contribution in [0.4, 0.5) is 0 Å². The van der Waals surface area contributed by atoms with E-state index in [4.69, 9.17) is 5.73 Å². The van der Waals surface area contributed by atoms with E-state index in [1.807, 2.05) is 6.92 Å². The van der Waals surface area contributed by atoms with Crippen molar-refractivity contribution in [2.45, 2.75) is 39.2 Å². The molecule has 2 atom stereocenters. The highest BCUT2D eigenvalue weighted by Crippen LogP contribution is 2.20. The lowest BCUT2D eigenvalue weighted by Gasteiger charge is -2.32. The van der Waals surface area contributed by atoms with Crippen LogP contribution in [0.2, 0.25) is 0 Å². The third kappa shape index (κ3) is 5.68. The maximum atomic E-state index is 11.0. The highest BCUT2D eigenvalue weighted by atomic mass is 16.5. The summed E-state index contributed by atoms with van der Waals surface area (Å²) < 4.78 is 4.51. The van der Waals surface area contributed by atoms with Crippen molar-refractivity contribution in [2.24, 2.45) is 11.7 Å². The summed E-state index contributed by atoms with van der Waals surface area (Å²) in [5.41, 5.74) is 5.85. The fourth-order valence-corrected chi connectivity index (χ4v) is 1.50. The van der Waals surface area contributed by atoms with Crippen LogP contribution in [0, 0.1) is 5.92 Å². The largest absolute Gasteiger partial charge is 0.468 e. The van der Waals surface area contributed by atoms with Gasteiger partial charge in [0.15, 0.2) is 0 Å². The van der Waals surface area contributed by atoms with Gasteiger partial charge in [-0.25, -0.2) is 0 Å². The summed E-state index contributed by atoms with van der Waals surface area (Å²) in [6, 6.07) is 0. The molecule has 0 saturated carbocycles. The topological polar surface area (TPSA) is 72.6 Å². The Balaban J connectivity index is 4.22. The van der Waals surface area contributed by atoms with Crippen molar-refractivity contribution in [3.8, 4) is 0 Å². The number of ether oxygens (including phenoxy) is 1. The molecule has 0 fully saturated rings. The average molecular weight is 244 g/mol. The first-order valence-electron chi connectivity index (χ1n) is 5.92. The standard InChI is InChI=1S/C12H24N2O3/c1-5-10(2)12(3,13)6-7-14(9-15)8-11(16)17-4/h9-10H,5-8,13H2,1-4H3/t10-,12-/m0/s1. The Bertz CT molecular complexity index is 254. The minimum Gasteiger partial charge on any atom is -0.468 e. The number of carbonyl (C=O) groups excluding carboxylic acids is 2. The minimum atomic E-state index is -0.417. The molecule has 2 N–H and O–H groups in total. The second-order valence-corrected chi connectivity index (χ2v) is 4.72. The molecule has 0 aromatic rings. The van der Waals surface area contributed by atoms with E-state index in [1.165, 1.54) is 12.0 Å². The molecule has 0 radical (unpaired) electrons. The van der Waals surface area contributed by atoms with E-state index in [1.54, 1.807) is 0 Å². The summed E-state index contributed by atoms with van der Waals surface area (Å²) in [6.07, 6.45) is 2.31. The molecule has 0 unspecified atom stereocenters.